The van der Waals surface area contributed by atoms with Crippen LogP contribution in [-0.2, 0) is 17.7 Å². The van der Waals surface area contributed by atoms with Crippen LogP contribution in [0.5, 0.6) is 5.75 Å². The number of nitrogens with zero attached hydrogens (tertiary/aromatic N) is 1. The molecule has 1 N–H and O–H groups in total. The average Bonchev–Trinajstić information content (AvgIpc) is 2.61. The van der Waals surface area contributed by atoms with Crippen LogP contribution in [0.15, 0.2) is 23.1 Å². The van der Waals surface area contributed by atoms with Gasteiger partial charge in [0.05, 0.1) is 17.3 Å². The van der Waals surface area contributed by atoms with Gasteiger partial charge >= 0.3 is 5.97 Å². The van der Waals surface area contributed by atoms with E-state index in [1.54, 1.807) is 19.2 Å². The topological polar surface area (TPSA) is 77.8 Å². The number of hydrogen-bond donors (Lipinski definition) is 1. The highest BCUT2D eigenvalue weighted by molar-refractivity contribution is 6.32. The number of hydrogen-bond acceptors (Lipinski definition) is 4. The first kappa shape index (κ1) is 18.4. The lowest BCUT2D eigenvalue weighted by Gasteiger charge is -2.24. The molecular formula is C18H17ClFNO5. The van der Waals surface area contributed by atoms with Gasteiger partial charge in [-0.3, -0.25) is 4.79 Å². The Morgan fingerprint density at radius 3 is 2.85 bits per heavy atom. The SMILES string of the molecule is COCCCOc1cc2c(cc1Cl)-c1c(F)c(=O)c(C(=O)O)cn1CC2. The van der Waals surface area contributed by atoms with Gasteiger partial charge < -0.3 is 19.1 Å². The van der Waals surface area contributed by atoms with E-state index in [-0.39, 0.29) is 5.69 Å². The molecule has 138 valence electrons. The third kappa shape index (κ3) is 3.32. The number of ether oxygens (including phenoxy) is 2. The van der Waals surface area contributed by atoms with Gasteiger partial charge in [-0.2, -0.15) is 0 Å². The number of methoxy groups -OCH3 is 1. The van der Waals surface area contributed by atoms with Gasteiger partial charge in [-0.1, -0.05) is 11.6 Å². The van der Waals surface area contributed by atoms with E-state index in [1.165, 1.54) is 10.8 Å². The molecule has 0 fully saturated rings. The number of pyridine rings is 1. The van der Waals surface area contributed by atoms with Gasteiger partial charge in [0.2, 0.25) is 5.43 Å². The van der Waals surface area contributed by atoms with Crippen molar-refractivity contribution >= 4 is 17.6 Å². The van der Waals surface area contributed by atoms with Gasteiger partial charge in [-0.15, -0.1) is 0 Å². The molecule has 0 unspecified atom stereocenters. The van der Waals surface area contributed by atoms with Crippen molar-refractivity contribution in [2.45, 2.75) is 19.4 Å². The van der Waals surface area contributed by atoms with Gasteiger partial charge in [0, 0.05) is 38.4 Å². The molecule has 1 aromatic heterocycles. The first-order valence-electron chi connectivity index (χ1n) is 8.04. The Morgan fingerprint density at radius 2 is 2.15 bits per heavy atom. The summed E-state index contributed by atoms with van der Waals surface area (Å²) in [6.45, 7) is 1.35. The summed E-state index contributed by atoms with van der Waals surface area (Å²) < 4.78 is 26.7. The highest BCUT2D eigenvalue weighted by atomic mass is 35.5. The molecule has 1 aliphatic heterocycles. The fraction of sp³-hybridized carbons (Fsp3) is 0.333. The van der Waals surface area contributed by atoms with E-state index in [2.05, 4.69) is 0 Å². The minimum absolute atomic E-state index is 0.0501. The third-order valence-corrected chi connectivity index (χ3v) is 4.54. The number of carbonyl (C=O) groups is 1. The zero-order valence-corrected chi connectivity index (χ0v) is 14.8. The van der Waals surface area contributed by atoms with Crippen LogP contribution in [-0.4, -0.2) is 36.0 Å². The molecular weight excluding hydrogens is 365 g/mol. The lowest BCUT2D eigenvalue weighted by atomic mass is 9.96. The number of aromatic carboxylic acids is 1. The molecule has 0 amide bonds. The lowest BCUT2D eigenvalue weighted by Crippen LogP contribution is -2.26. The average molecular weight is 382 g/mol. The molecule has 3 rings (SSSR count). The number of carboxylic acids is 1. The minimum Gasteiger partial charge on any atom is -0.492 e. The first-order valence-corrected chi connectivity index (χ1v) is 8.42. The van der Waals surface area contributed by atoms with Crippen LogP contribution in [0.3, 0.4) is 0 Å². The molecule has 6 nitrogen and oxygen atoms in total. The van der Waals surface area contributed by atoms with Crippen LogP contribution in [0, 0.1) is 5.82 Å². The molecule has 0 bridgehead atoms. The van der Waals surface area contributed by atoms with Crippen molar-refractivity contribution in [2.24, 2.45) is 0 Å². The second-order valence-corrected chi connectivity index (χ2v) is 6.32. The van der Waals surface area contributed by atoms with Gasteiger partial charge in [0.15, 0.2) is 5.82 Å². The molecule has 0 radical (unpaired) electrons. The minimum atomic E-state index is -1.45. The van der Waals surface area contributed by atoms with Crippen molar-refractivity contribution in [3.8, 4) is 17.0 Å². The summed E-state index contributed by atoms with van der Waals surface area (Å²) in [4.78, 5) is 23.1. The summed E-state index contributed by atoms with van der Waals surface area (Å²) in [7, 11) is 1.61. The number of rotatable bonds is 6. The van der Waals surface area contributed by atoms with Crippen molar-refractivity contribution in [1.29, 1.82) is 0 Å². The first-order chi connectivity index (χ1) is 12.4. The Balaban J connectivity index is 2.02. The Morgan fingerprint density at radius 1 is 1.38 bits per heavy atom. The third-order valence-electron chi connectivity index (χ3n) is 4.24. The van der Waals surface area contributed by atoms with Crippen LogP contribution in [0.1, 0.15) is 22.3 Å². The number of fused-ring (bicyclic) bond motifs is 3. The normalized spacial score (nSPS) is 12.4. The van der Waals surface area contributed by atoms with Crippen LogP contribution in [0.4, 0.5) is 4.39 Å². The molecule has 2 heterocycles. The zero-order chi connectivity index (χ0) is 18.8. The molecule has 1 aliphatic rings. The predicted octanol–water partition coefficient (Wildman–Crippen LogP) is 2.98. The van der Waals surface area contributed by atoms with Crippen molar-refractivity contribution in [3.63, 3.8) is 0 Å². The second kappa shape index (κ2) is 7.47. The molecule has 2 aromatic rings. The highest BCUT2D eigenvalue weighted by Crippen LogP contribution is 2.37. The molecule has 1 aromatic carbocycles. The number of benzene rings is 1. The Bertz CT molecular complexity index is 925. The van der Waals surface area contributed by atoms with E-state index in [0.29, 0.717) is 48.9 Å². The molecule has 26 heavy (non-hydrogen) atoms. The van der Waals surface area contributed by atoms with Crippen LogP contribution >= 0.6 is 11.6 Å². The Kier molecular flexibility index (Phi) is 5.29. The maximum atomic E-state index is 14.6. The van der Waals surface area contributed by atoms with E-state index in [4.69, 9.17) is 26.2 Å². The Labute approximate surface area is 153 Å². The zero-order valence-electron chi connectivity index (χ0n) is 14.1. The molecule has 0 saturated heterocycles. The van der Waals surface area contributed by atoms with Crippen molar-refractivity contribution < 1.29 is 23.8 Å². The van der Waals surface area contributed by atoms with Crippen molar-refractivity contribution in [3.05, 3.63) is 50.5 Å². The number of aryl methyl sites for hydroxylation is 2. The predicted molar refractivity (Wildman–Crippen MR) is 93.8 cm³/mol. The van der Waals surface area contributed by atoms with Crippen molar-refractivity contribution in [1.82, 2.24) is 4.57 Å². The standard InChI is InChI=1S/C18H17ClFNO5/c1-25-5-2-6-26-14-7-10-3-4-21-9-12(18(23)24)17(22)15(20)16(21)11(10)8-13(14)19/h7-9H,2-6H2,1H3,(H,23,24). The molecule has 8 heteroatoms. The molecule has 0 atom stereocenters. The van der Waals surface area contributed by atoms with Gasteiger partial charge in [0.1, 0.15) is 11.3 Å². The lowest BCUT2D eigenvalue weighted by molar-refractivity contribution is 0.0693. The van der Waals surface area contributed by atoms with Crippen LogP contribution < -0.4 is 10.2 Å². The number of halogens is 2. The van der Waals surface area contributed by atoms with E-state index >= 15 is 0 Å². The summed E-state index contributed by atoms with van der Waals surface area (Å²) in [5.74, 6) is -2.05. The van der Waals surface area contributed by atoms with E-state index in [0.717, 1.165) is 5.56 Å². The fourth-order valence-electron chi connectivity index (χ4n) is 2.99. The fourth-order valence-corrected chi connectivity index (χ4v) is 3.21. The maximum Gasteiger partial charge on any atom is 0.341 e. The molecule has 0 aliphatic carbocycles. The van der Waals surface area contributed by atoms with E-state index in [1.807, 2.05) is 0 Å². The van der Waals surface area contributed by atoms with E-state index < -0.39 is 22.8 Å². The number of aromatic nitrogens is 1. The summed E-state index contributed by atoms with van der Waals surface area (Å²) in [5.41, 5.74) is -0.407. The number of carboxylic acid groups (broad SMARTS) is 1. The van der Waals surface area contributed by atoms with Gasteiger partial charge in [-0.05, 0) is 24.1 Å². The maximum absolute atomic E-state index is 14.6. The largest absolute Gasteiger partial charge is 0.492 e. The Hall–Kier alpha value is -2.38. The van der Waals surface area contributed by atoms with Crippen LogP contribution in [0.25, 0.3) is 11.3 Å². The summed E-state index contributed by atoms with van der Waals surface area (Å²) in [5, 5.41) is 9.36. The van der Waals surface area contributed by atoms with E-state index in [9.17, 15) is 14.0 Å². The van der Waals surface area contributed by atoms with Crippen LogP contribution in [0.2, 0.25) is 5.02 Å². The second-order valence-electron chi connectivity index (χ2n) is 5.92. The summed E-state index contributed by atoms with van der Waals surface area (Å²) >= 11 is 6.25. The molecule has 0 saturated carbocycles. The molecule has 0 spiro atoms. The summed E-state index contributed by atoms with van der Waals surface area (Å²) in [6, 6.07) is 3.29. The van der Waals surface area contributed by atoms with Crippen molar-refractivity contribution in [2.75, 3.05) is 20.3 Å². The summed E-state index contributed by atoms with van der Waals surface area (Å²) in [6.07, 6.45) is 2.42. The highest BCUT2D eigenvalue weighted by Gasteiger charge is 2.26. The van der Waals surface area contributed by atoms with Gasteiger partial charge in [-0.25, -0.2) is 9.18 Å². The van der Waals surface area contributed by atoms with Gasteiger partial charge in [0.25, 0.3) is 0 Å². The smallest absolute Gasteiger partial charge is 0.341 e. The quantitative estimate of drug-likeness (QED) is 0.778. The monoisotopic (exact) mass is 381 g/mol.